The highest BCUT2D eigenvalue weighted by atomic mass is 32.1. The van der Waals surface area contributed by atoms with Crippen molar-refractivity contribution in [1.82, 2.24) is 9.69 Å². The molecule has 1 aromatic heterocycles. The van der Waals surface area contributed by atoms with E-state index in [-0.39, 0.29) is 28.3 Å². The monoisotopic (exact) mass is 544 g/mol. The highest BCUT2D eigenvalue weighted by molar-refractivity contribution is 7.09. The number of carbonyl (C=O) groups excluding carboxylic acids is 2. The molecule has 1 aliphatic rings. The van der Waals surface area contributed by atoms with E-state index in [2.05, 4.69) is 9.69 Å². The minimum Gasteiger partial charge on any atom is -0.497 e. The molecule has 3 N–H and O–H groups in total. The van der Waals surface area contributed by atoms with Crippen molar-refractivity contribution in [3.05, 3.63) is 95.1 Å². The number of nitrogen functional groups attached to an aromatic ring is 1. The first-order valence-electron chi connectivity index (χ1n) is 12.8. The van der Waals surface area contributed by atoms with Gasteiger partial charge in [0.25, 0.3) is 5.91 Å². The van der Waals surface area contributed by atoms with Crippen molar-refractivity contribution in [1.29, 1.82) is 0 Å². The normalized spacial score (nSPS) is 14.1. The van der Waals surface area contributed by atoms with E-state index in [0.717, 1.165) is 37.2 Å². The molecule has 1 heterocycles. The van der Waals surface area contributed by atoms with Crippen LogP contribution in [0.15, 0.2) is 78.9 Å². The average Bonchev–Trinajstić information content (AvgIpc) is 3.62. The van der Waals surface area contributed by atoms with Crippen LogP contribution in [0.25, 0.3) is 11.3 Å². The molecule has 9 heteroatoms. The molecule has 3 aromatic carbocycles. The van der Waals surface area contributed by atoms with Crippen molar-refractivity contribution in [3.8, 4) is 17.0 Å². The molecule has 0 unspecified atom stereocenters. The van der Waals surface area contributed by atoms with Crippen molar-refractivity contribution < 1.29 is 18.7 Å². The zero-order valence-corrected chi connectivity index (χ0v) is 22.3. The number of nitrogens with one attached hydrogen (secondary N) is 1. The SMILES string of the molecule is COc1ccc([C@@H](C(=O)NC2CCCC2)N(C(=O)c2snc(-c3ccc(F)cc3)c2N)c2ccccc2)cc1. The lowest BCUT2D eigenvalue weighted by molar-refractivity contribution is -0.123. The van der Waals surface area contributed by atoms with Crippen LogP contribution in [0.4, 0.5) is 15.8 Å². The molecule has 0 spiro atoms. The van der Waals surface area contributed by atoms with Crippen molar-refractivity contribution in [3.63, 3.8) is 0 Å². The number of methoxy groups -OCH3 is 1. The number of benzene rings is 3. The number of anilines is 2. The Kier molecular flexibility index (Phi) is 7.88. The molecule has 39 heavy (non-hydrogen) atoms. The van der Waals surface area contributed by atoms with Gasteiger partial charge in [-0.05, 0) is 78.5 Å². The van der Waals surface area contributed by atoms with Crippen LogP contribution in [0.3, 0.4) is 0 Å². The van der Waals surface area contributed by atoms with Gasteiger partial charge in [0.1, 0.15) is 28.2 Å². The molecule has 0 radical (unpaired) electrons. The summed E-state index contributed by atoms with van der Waals surface area (Å²) >= 11 is 0.958. The number of nitrogens with zero attached hydrogens (tertiary/aromatic N) is 2. The molecule has 0 aliphatic heterocycles. The zero-order chi connectivity index (χ0) is 27.4. The van der Waals surface area contributed by atoms with Crippen LogP contribution >= 0.6 is 11.5 Å². The van der Waals surface area contributed by atoms with Crippen LogP contribution in [0.5, 0.6) is 5.75 Å². The summed E-state index contributed by atoms with van der Waals surface area (Å²) in [4.78, 5) is 29.9. The Labute approximate surface area is 230 Å². The number of halogens is 1. The minimum atomic E-state index is -0.970. The molecular weight excluding hydrogens is 515 g/mol. The summed E-state index contributed by atoms with van der Waals surface area (Å²) in [6, 6.07) is 21.0. The number of hydrogen-bond acceptors (Lipinski definition) is 6. The van der Waals surface area contributed by atoms with Gasteiger partial charge in [0.15, 0.2) is 0 Å². The number of ether oxygens (including phenoxy) is 1. The lowest BCUT2D eigenvalue weighted by atomic mass is 10.0. The van der Waals surface area contributed by atoms with Crippen molar-refractivity contribution in [2.24, 2.45) is 0 Å². The Balaban J connectivity index is 1.59. The third-order valence-electron chi connectivity index (χ3n) is 6.93. The van der Waals surface area contributed by atoms with E-state index in [1.165, 1.54) is 17.0 Å². The molecule has 1 atom stereocenters. The molecule has 1 aliphatic carbocycles. The van der Waals surface area contributed by atoms with Gasteiger partial charge in [-0.15, -0.1) is 0 Å². The van der Waals surface area contributed by atoms with Gasteiger partial charge >= 0.3 is 0 Å². The van der Waals surface area contributed by atoms with Gasteiger partial charge in [0.2, 0.25) is 5.91 Å². The maximum absolute atomic E-state index is 14.3. The maximum atomic E-state index is 14.3. The maximum Gasteiger partial charge on any atom is 0.273 e. The quantitative estimate of drug-likeness (QED) is 0.284. The Morgan fingerprint density at radius 2 is 1.69 bits per heavy atom. The van der Waals surface area contributed by atoms with E-state index in [9.17, 15) is 14.0 Å². The Bertz CT molecular complexity index is 1440. The Morgan fingerprint density at radius 3 is 2.33 bits per heavy atom. The first-order chi connectivity index (χ1) is 19.0. The van der Waals surface area contributed by atoms with Crippen LogP contribution in [0.1, 0.15) is 47.0 Å². The van der Waals surface area contributed by atoms with Gasteiger partial charge in [-0.1, -0.05) is 43.2 Å². The number of carbonyl (C=O) groups is 2. The second-order valence-electron chi connectivity index (χ2n) is 9.46. The number of aromatic nitrogens is 1. The van der Waals surface area contributed by atoms with Crippen molar-refractivity contribution in [2.45, 2.75) is 37.8 Å². The van der Waals surface area contributed by atoms with E-state index in [1.807, 2.05) is 18.2 Å². The predicted molar refractivity (Wildman–Crippen MR) is 151 cm³/mol. The first-order valence-corrected chi connectivity index (χ1v) is 13.6. The number of nitrogens with two attached hydrogens (primary N) is 1. The van der Waals surface area contributed by atoms with E-state index < -0.39 is 11.9 Å². The smallest absolute Gasteiger partial charge is 0.273 e. The fourth-order valence-electron chi connectivity index (χ4n) is 4.90. The standard InChI is InChI=1S/C30H29FN4O3S/c1-38-24-17-13-20(14-18-24)27(29(36)33-22-7-5-6-8-22)35(23-9-3-2-4-10-23)30(37)28-25(32)26(34-39-28)19-11-15-21(31)16-12-19/h2-4,9-18,22,27H,5-8,32H2,1H3,(H,33,36)/t27-/m0/s1. The fraction of sp³-hybridized carbons (Fsp3) is 0.233. The van der Waals surface area contributed by atoms with Gasteiger partial charge in [0, 0.05) is 17.3 Å². The molecule has 1 fully saturated rings. The summed E-state index contributed by atoms with van der Waals surface area (Å²) in [6.07, 6.45) is 3.93. The van der Waals surface area contributed by atoms with Gasteiger partial charge in [-0.25, -0.2) is 4.39 Å². The summed E-state index contributed by atoms with van der Waals surface area (Å²) < 4.78 is 23.2. The lowest BCUT2D eigenvalue weighted by Crippen LogP contribution is -2.46. The topological polar surface area (TPSA) is 97.5 Å². The van der Waals surface area contributed by atoms with Crippen molar-refractivity contribution in [2.75, 3.05) is 17.7 Å². The second kappa shape index (κ2) is 11.7. The largest absolute Gasteiger partial charge is 0.497 e. The zero-order valence-electron chi connectivity index (χ0n) is 21.5. The molecule has 0 saturated heterocycles. The van der Waals surface area contributed by atoms with E-state index in [4.69, 9.17) is 10.5 Å². The number of para-hydroxylation sites is 1. The second-order valence-corrected chi connectivity index (χ2v) is 10.2. The molecule has 1 saturated carbocycles. The van der Waals surface area contributed by atoms with Crippen LogP contribution in [0.2, 0.25) is 0 Å². The van der Waals surface area contributed by atoms with E-state index in [1.54, 1.807) is 55.6 Å². The van der Waals surface area contributed by atoms with Gasteiger partial charge in [-0.3, -0.25) is 14.5 Å². The van der Waals surface area contributed by atoms with Gasteiger partial charge in [0.05, 0.1) is 12.8 Å². The van der Waals surface area contributed by atoms with Crippen LogP contribution < -0.4 is 20.7 Å². The predicted octanol–water partition coefficient (Wildman–Crippen LogP) is 5.99. The van der Waals surface area contributed by atoms with Gasteiger partial charge in [-0.2, -0.15) is 4.37 Å². The molecule has 0 bridgehead atoms. The number of rotatable bonds is 8. The fourth-order valence-corrected chi connectivity index (χ4v) is 5.66. The molecule has 4 aromatic rings. The first kappa shape index (κ1) is 26.4. The van der Waals surface area contributed by atoms with Crippen LogP contribution in [0, 0.1) is 5.82 Å². The van der Waals surface area contributed by atoms with E-state index in [0.29, 0.717) is 28.3 Å². The lowest BCUT2D eigenvalue weighted by Gasteiger charge is -2.32. The molecule has 5 rings (SSSR count). The summed E-state index contributed by atoms with van der Waals surface area (Å²) in [6.45, 7) is 0. The Morgan fingerprint density at radius 1 is 1.03 bits per heavy atom. The highest BCUT2D eigenvalue weighted by Gasteiger charge is 2.36. The van der Waals surface area contributed by atoms with Gasteiger partial charge < -0.3 is 15.8 Å². The molecular formula is C30H29FN4O3S. The molecule has 200 valence electrons. The van der Waals surface area contributed by atoms with Crippen LogP contribution in [-0.4, -0.2) is 29.3 Å². The summed E-state index contributed by atoms with van der Waals surface area (Å²) in [5, 5.41) is 3.17. The molecule has 7 nitrogen and oxygen atoms in total. The number of hydrogen-bond donors (Lipinski definition) is 2. The summed E-state index contributed by atoms with van der Waals surface area (Å²) in [5.74, 6) is -0.463. The third-order valence-corrected chi connectivity index (χ3v) is 7.78. The van der Waals surface area contributed by atoms with Crippen LogP contribution in [-0.2, 0) is 4.79 Å². The Hall–Kier alpha value is -4.24. The minimum absolute atomic E-state index is 0.0597. The van der Waals surface area contributed by atoms with E-state index >= 15 is 0 Å². The summed E-state index contributed by atoms with van der Waals surface area (Å²) in [7, 11) is 1.57. The average molecular weight is 545 g/mol. The third kappa shape index (κ3) is 5.63. The highest BCUT2D eigenvalue weighted by Crippen LogP contribution is 2.36. The molecule has 2 amide bonds. The van der Waals surface area contributed by atoms with Crippen molar-refractivity contribution >= 4 is 34.7 Å². The number of amides is 2. The summed E-state index contributed by atoms with van der Waals surface area (Å²) in [5.41, 5.74) is 8.81.